The molecular formula is C8H20O2P2. The van der Waals surface area contributed by atoms with Gasteiger partial charge in [-0.3, -0.25) is 4.57 Å². The molecule has 0 N–H and O–H groups in total. The third-order valence-electron chi connectivity index (χ3n) is 1.87. The van der Waals surface area contributed by atoms with Crippen LogP contribution in [0.3, 0.4) is 0 Å². The molecule has 2 nitrogen and oxygen atoms in total. The summed E-state index contributed by atoms with van der Waals surface area (Å²) < 4.78 is 15.5. The summed E-state index contributed by atoms with van der Waals surface area (Å²) >= 11 is 0. The predicted molar refractivity (Wildman–Crippen MR) is 58.0 cm³/mol. The first-order valence-corrected chi connectivity index (χ1v) is 6.70. The Morgan fingerprint density at radius 1 is 1.17 bits per heavy atom. The third kappa shape index (κ3) is 8.71. The molecule has 2 atom stereocenters. The maximum atomic E-state index is 10.8. The van der Waals surface area contributed by atoms with Crippen LogP contribution in [-0.4, -0.2) is 6.16 Å². The topological polar surface area (TPSA) is 26.3 Å². The number of hydrogen-bond donors (Lipinski definition) is 0. The van der Waals surface area contributed by atoms with Crippen LogP contribution >= 0.6 is 17.5 Å². The largest absolute Gasteiger partial charge is 0.314 e. The molecule has 0 amide bonds. The molecule has 0 saturated heterocycles. The second-order valence-corrected chi connectivity index (χ2v) is 5.19. The van der Waals surface area contributed by atoms with Crippen LogP contribution in [0.4, 0.5) is 0 Å². The Bertz CT molecular complexity index is 118. The molecule has 4 heteroatoms. The molecule has 0 aliphatic carbocycles. The van der Waals surface area contributed by atoms with E-state index < -0.39 is 8.03 Å². The molecule has 2 unspecified atom stereocenters. The Morgan fingerprint density at radius 3 is 2.33 bits per heavy atom. The summed E-state index contributed by atoms with van der Waals surface area (Å²) in [5, 5.41) is 0. The normalized spacial score (nSPS) is 13.2. The van der Waals surface area contributed by atoms with Crippen LogP contribution < -0.4 is 0 Å². The molecule has 0 fully saturated rings. The molecule has 0 rings (SSSR count). The van der Waals surface area contributed by atoms with Crippen molar-refractivity contribution in [2.24, 2.45) is 0 Å². The molecule has 0 aromatic carbocycles. The second kappa shape index (κ2) is 9.71. The smallest absolute Gasteiger partial charge is 0.194 e. The quantitative estimate of drug-likeness (QED) is 0.451. The van der Waals surface area contributed by atoms with Crippen LogP contribution in [0.25, 0.3) is 0 Å². The van der Waals surface area contributed by atoms with E-state index in [0.717, 1.165) is 12.6 Å². The van der Waals surface area contributed by atoms with Gasteiger partial charge in [0.15, 0.2) is 8.03 Å². The van der Waals surface area contributed by atoms with Gasteiger partial charge in [-0.2, -0.15) is 0 Å². The lowest BCUT2D eigenvalue weighted by atomic mass is 10.1. The molecule has 0 aliphatic heterocycles. The first-order chi connectivity index (χ1) is 5.81. The lowest BCUT2D eigenvalue weighted by Crippen LogP contribution is -1.81. The van der Waals surface area contributed by atoms with E-state index >= 15 is 0 Å². The Morgan fingerprint density at radius 2 is 1.75 bits per heavy atom. The average molecular weight is 210 g/mol. The van der Waals surface area contributed by atoms with Crippen molar-refractivity contribution in [3.63, 3.8) is 0 Å². The Balaban J connectivity index is 2.95. The van der Waals surface area contributed by atoms with Crippen LogP contribution in [-0.2, 0) is 8.88 Å². The van der Waals surface area contributed by atoms with Crippen molar-refractivity contribution < 1.29 is 8.88 Å². The van der Waals surface area contributed by atoms with Gasteiger partial charge < -0.3 is 4.31 Å². The third-order valence-corrected chi connectivity index (χ3v) is 3.68. The van der Waals surface area contributed by atoms with Crippen LogP contribution in [0.1, 0.15) is 45.4 Å². The molecule has 74 valence electrons. The molecular weight excluding hydrogens is 190 g/mol. The molecule has 0 bridgehead atoms. The highest BCUT2D eigenvalue weighted by molar-refractivity contribution is 7.44. The van der Waals surface area contributed by atoms with E-state index in [-0.39, 0.29) is 0 Å². The van der Waals surface area contributed by atoms with Crippen molar-refractivity contribution in [1.29, 1.82) is 0 Å². The van der Waals surface area contributed by atoms with E-state index in [2.05, 4.69) is 20.7 Å². The predicted octanol–water partition coefficient (Wildman–Crippen LogP) is 3.63. The molecule has 0 aliphatic rings. The summed E-state index contributed by atoms with van der Waals surface area (Å²) in [5.74, 6) is 0. The summed E-state index contributed by atoms with van der Waals surface area (Å²) in [7, 11) is 0.358. The molecule has 12 heavy (non-hydrogen) atoms. The first kappa shape index (κ1) is 12.6. The van der Waals surface area contributed by atoms with Crippen molar-refractivity contribution in [3.05, 3.63) is 0 Å². The fraction of sp³-hybridized carbons (Fsp3) is 1.00. The minimum Gasteiger partial charge on any atom is -0.314 e. The van der Waals surface area contributed by atoms with Crippen molar-refractivity contribution in [1.82, 2.24) is 0 Å². The van der Waals surface area contributed by atoms with Gasteiger partial charge >= 0.3 is 0 Å². The summed E-state index contributed by atoms with van der Waals surface area (Å²) in [5.41, 5.74) is 0. The van der Waals surface area contributed by atoms with Crippen molar-refractivity contribution in [2.75, 3.05) is 6.16 Å². The fourth-order valence-electron chi connectivity index (χ4n) is 1.11. The zero-order valence-corrected chi connectivity index (χ0v) is 10.00. The maximum absolute atomic E-state index is 10.8. The minimum atomic E-state index is -1.71. The fourth-order valence-corrected chi connectivity index (χ4v) is 2.12. The van der Waals surface area contributed by atoms with E-state index in [1.54, 1.807) is 0 Å². The Hall–Kier alpha value is 0.620. The Kier molecular flexibility index (Phi) is 10.2. The van der Waals surface area contributed by atoms with Gasteiger partial charge in [0.25, 0.3) is 0 Å². The molecule has 0 spiro atoms. The van der Waals surface area contributed by atoms with E-state index in [9.17, 15) is 4.57 Å². The van der Waals surface area contributed by atoms with Gasteiger partial charge in [0, 0.05) is 15.6 Å². The minimum absolute atomic E-state index is 0.750. The zero-order valence-electron chi connectivity index (χ0n) is 7.84. The number of unbranched alkanes of at least 4 members (excludes halogenated alkanes) is 5. The highest BCUT2D eigenvalue weighted by atomic mass is 31.2. The van der Waals surface area contributed by atoms with Crippen LogP contribution in [0, 0.1) is 0 Å². The van der Waals surface area contributed by atoms with Gasteiger partial charge in [-0.25, -0.2) is 0 Å². The molecule has 0 radical (unpaired) electrons. The molecule has 0 saturated carbocycles. The number of hydrogen-bond acceptors (Lipinski definition) is 2. The van der Waals surface area contributed by atoms with Crippen molar-refractivity contribution in [2.45, 2.75) is 45.4 Å². The van der Waals surface area contributed by atoms with E-state index in [1.807, 2.05) is 0 Å². The van der Waals surface area contributed by atoms with Crippen LogP contribution in [0.5, 0.6) is 0 Å². The monoisotopic (exact) mass is 210 g/mol. The summed E-state index contributed by atoms with van der Waals surface area (Å²) in [6, 6.07) is 0. The average Bonchev–Trinajstić information content (AvgIpc) is 2.10. The van der Waals surface area contributed by atoms with Gasteiger partial charge in [0.05, 0.1) is 0 Å². The SMILES string of the molecule is CCCCCCCC[PH](=O)OP. The van der Waals surface area contributed by atoms with Crippen molar-refractivity contribution >= 4 is 17.5 Å². The summed E-state index contributed by atoms with van der Waals surface area (Å²) in [6.45, 7) is 2.21. The van der Waals surface area contributed by atoms with Gasteiger partial charge in [-0.05, 0) is 6.42 Å². The second-order valence-electron chi connectivity index (χ2n) is 3.01. The van der Waals surface area contributed by atoms with Gasteiger partial charge in [0.1, 0.15) is 0 Å². The lowest BCUT2D eigenvalue weighted by molar-refractivity contribution is 0.528. The van der Waals surface area contributed by atoms with E-state index in [4.69, 9.17) is 0 Å². The standard InChI is InChI=1S/C8H20O2P2/c1-2-3-4-5-6-7-8-12(9)10-11/h12H,2-8,11H2,1H3. The maximum Gasteiger partial charge on any atom is 0.194 e. The lowest BCUT2D eigenvalue weighted by Gasteiger charge is -1.99. The van der Waals surface area contributed by atoms with E-state index in [0.29, 0.717) is 0 Å². The highest BCUT2D eigenvalue weighted by Gasteiger charge is 1.95. The summed E-state index contributed by atoms with van der Waals surface area (Å²) in [6.07, 6.45) is 8.21. The van der Waals surface area contributed by atoms with E-state index in [1.165, 1.54) is 32.1 Å². The number of rotatable bonds is 8. The molecule has 0 heterocycles. The molecule has 0 aromatic rings. The summed E-state index contributed by atoms with van der Waals surface area (Å²) in [4.78, 5) is 0. The first-order valence-electron chi connectivity index (χ1n) is 4.70. The Labute approximate surface area is 78.6 Å². The highest BCUT2D eigenvalue weighted by Crippen LogP contribution is 2.27. The van der Waals surface area contributed by atoms with Crippen LogP contribution in [0.2, 0.25) is 0 Å². The van der Waals surface area contributed by atoms with Gasteiger partial charge in [0.2, 0.25) is 0 Å². The van der Waals surface area contributed by atoms with Gasteiger partial charge in [-0.15, -0.1) is 0 Å². The van der Waals surface area contributed by atoms with Crippen molar-refractivity contribution in [3.8, 4) is 0 Å². The zero-order chi connectivity index (χ0) is 9.23. The molecule has 0 aromatic heterocycles. The van der Waals surface area contributed by atoms with Crippen LogP contribution in [0.15, 0.2) is 0 Å². The van der Waals surface area contributed by atoms with Gasteiger partial charge in [-0.1, -0.05) is 39.0 Å².